The third-order valence-corrected chi connectivity index (χ3v) is 3.28. The number of esters is 1. The molecule has 1 amide bonds. The zero-order valence-corrected chi connectivity index (χ0v) is 11.1. The second-order valence-corrected chi connectivity index (χ2v) is 4.69. The predicted octanol–water partition coefficient (Wildman–Crippen LogP) is 1.72. The number of benzene rings is 1. The Balaban J connectivity index is 1.79. The third kappa shape index (κ3) is 2.89. The van der Waals surface area contributed by atoms with Gasteiger partial charge in [-0.3, -0.25) is 14.9 Å². The van der Waals surface area contributed by atoms with E-state index < -0.39 is 12.0 Å². The minimum atomic E-state index is -0.580. The smallest absolute Gasteiger partial charge is 0.307 e. The van der Waals surface area contributed by atoms with E-state index in [1.165, 1.54) is 12.4 Å². The Bertz CT molecular complexity index is 646. The summed E-state index contributed by atoms with van der Waals surface area (Å²) in [5.74, 6) is -1.06. The standard InChI is InChI=1S/C15H13N3O3/c19-12-9-11(13(21-12)10-5-2-1-3-6-10)14(20)18-15-16-7-4-8-17-15/h1-8,11,13H,9H2,(H,16,17,18,20)/t11-,13+/m0/s1. The highest BCUT2D eigenvalue weighted by molar-refractivity contribution is 5.95. The number of carbonyl (C=O) groups is 2. The molecule has 0 unspecified atom stereocenters. The molecule has 21 heavy (non-hydrogen) atoms. The molecule has 3 rings (SSSR count). The van der Waals surface area contributed by atoms with Gasteiger partial charge in [-0.15, -0.1) is 0 Å². The lowest BCUT2D eigenvalue weighted by Gasteiger charge is -2.16. The number of nitrogens with zero attached hydrogens (tertiary/aromatic N) is 2. The average Bonchev–Trinajstić information content (AvgIpc) is 2.91. The molecular formula is C15H13N3O3. The maximum atomic E-state index is 12.3. The van der Waals surface area contributed by atoms with E-state index in [1.807, 2.05) is 30.3 Å². The largest absolute Gasteiger partial charge is 0.457 e. The summed E-state index contributed by atoms with van der Waals surface area (Å²) in [7, 11) is 0. The van der Waals surface area contributed by atoms with E-state index in [4.69, 9.17) is 4.74 Å². The minimum absolute atomic E-state index is 0.0538. The Kier molecular flexibility index (Phi) is 3.59. The van der Waals surface area contributed by atoms with E-state index >= 15 is 0 Å². The van der Waals surface area contributed by atoms with Gasteiger partial charge in [0.2, 0.25) is 11.9 Å². The lowest BCUT2D eigenvalue weighted by Crippen LogP contribution is -2.26. The van der Waals surface area contributed by atoms with Crippen LogP contribution in [0.3, 0.4) is 0 Å². The van der Waals surface area contributed by atoms with Gasteiger partial charge in [0.05, 0.1) is 12.3 Å². The molecule has 0 saturated carbocycles. The Hall–Kier alpha value is -2.76. The van der Waals surface area contributed by atoms with Crippen LogP contribution in [0.4, 0.5) is 5.95 Å². The van der Waals surface area contributed by atoms with Crippen molar-refractivity contribution in [1.29, 1.82) is 0 Å². The summed E-state index contributed by atoms with van der Waals surface area (Å²) < 4.78 is 5.28. The first-order valence-corrected chi connectivity index (χ1v) is 6.56. The van der Waals surface area contributed by atoms with E-state index in [0.717, 1.165) is 5.56 Å². The number of hydrogen-bond acceptors (Lipinski definition) is 5. The molecule has 6 nitrogen and oxygen atoms in total. The molecular weight excluding hydrogens is 270 g/mol. The second kappa shape index (κ2) is 5.70. The van der Waals surface area contributed by atoms with Crippen molar-refractivity contribution >= 4 is 17.8 Å². The van der Waals surface area contributed by atoms with E-state index in [9.17, 15) is 9.59 Å². The van der Waals surface area contributed by atoms with E-state index in [2.05, 4.69) is 15.3 Å². The normalized spacial score (nSPS) is 20.9. The van der Waals surface area contributed by atoms with Crippen LogP contribution in [0.25, 0.3) is 0 Å². The number of nitrogens with one attached hydrogen (secondary N) is 1. The van der Waals surface area contributed by atoms with Gasteiger partial charge in [0.25, 0.3) is 0 Å². The molecule has 1 aliphatic rings. The Labute approximate surface area is 121 Å². The Morgan fingerprint density at radius 3 is 2.57 bits per heavy atom. The summed E-state index contributed by atoms with van der Waals surface area (Å²) in [4.78, 5) is 31.8. The van der Waals surface area contributed by atoms with Gasteiger partial charge in [-0.1, -0.05) is 30.3 Å². The number of anilines is 1. The quantitative estimate of drug-likeness (QED) is 0.867. The van der Waals surface area contributed by atoms with Crippen LogP contribution in [0.5, 0.6) is 0 Å². The van der Waals surface area contributed by atoms with E-state index in [1.54, 1.807) is 6.07 Å². The molecule has 2 heterocycles. The molecule has 2 atom stereocenters. The van der Waals surface area contributed by atoms with Gasteiger partial charge in [0.15, 0.2) is 0 Å². The number of ether oxygens (including phenoxy) is 1. The number of hydrogen-bond donors (Lipinski definition) is 1. The first-order chi connectivity index (χ1) is 10.2. The van der Waals surface area contributed by atoms with Gasteiger partial charge in [-0.2, -0.15) is 0 Å². The molecule has 1 aliphatic heterocycles. The molecule has 1 aromatic heterocycles. The van der Waals surface area contributed by atoms with Gasteiger partial charge >= 0.3 is 5.97 Å². The molecule has 0 bridgehead atoms. The summed E-state index contributed by atoms with van der Waals surface area (Å²) in [6.45, 7) is 0. The molecule has 1 saturated heterocycles. The fourth-order valence-corrected chi connectivity index (χ4v) is 2.30. The van der Waals surface area contributed by atoms with Crippen molar-refractivity contribution in [3.8, 4) is 0 Å². The van der Waals surface area contributed by atoms with Crippen LogP contribution in [-0.4, -0.2) is 21.8 Å². The molecule has 1 fully saturated rings. The SMILES string of the molecule is O=C1C[C@H](C(=O)Nc2ncccn2)[C@@H](c2ccccc2)O1. The van der Waals surface area contributed by atoms with Crippen LogP contribution < -0.4 is 5.32 Å². The number of cyclic esters (lactones) is 1. The highest BCUT2D eigenvalue weighted by Crippen LogP contribution is 2.35. The van der Waals surface area contributed by atoms with Gasteiger partial charge in [0, 0.05) is 12.4 Å². The van der Waals surface area contributed by atoms with Gasteiger partial charge in [-0.25, -0.2) is 9.97 Å². The zero-order valence-electron chi connectivity index (χ0n) is 11.1. The Morgan fingerprint density at radius 1 is 1.14 bits per heavy atom. The topological polar surface area (TPSA) is 81.2 Å². The maximum Gasteiger partial charge on any atom is 0.307 e. The molecule has 1 N–H and O–H groups in total. The number of aromatic nitrogens is 2. The van der Waals surface area contributed by atoms with Crippen LogP contribution in [0.1, 0.15) is 18.1 Å². The highest BCUT2D eigenvalue weighted by Gasteiger charge is 2.40. The molecule has 6 heteroatoms. The fraction of sp³-hybridized carbons (Fsp3) is 0.200. The number of carbonyl (C=O) groups excluding carboxylic acids is 2. The second-order valence-electron chi connectivity index (χ2n) is 4.69. The highest BCUT2D eigenvalue weighted by atomic mass is 16.6. The Morgan fingerprint density at radius 2 is 1.86 bits per heavy atom. The van der Waals surface area contributed by atoms with Crippen molar-refractivity contribution in [2.75, 3.05) is 5.32 Å². The van der Waals surface area contributed by atoms with Crippen molar-refractivity contribution < 1.29 is 14.3 Å². The molecule has 106 valence electrons. The lowest BCUT2D eigenvalue weighted by atomic mass is 9.94. The van der Waals surface area contributed by atoms with Crippen LogP contribution in [0.2, 0.25) is 0 Å². The first kappa shape index (κ1) is 13.2. The van der Waals surface area contributed by atoms with Crippen molar-refractivity contribution in [3.63, 3.8) is 0 Å². The van der Waals surface area contributed by atoms with Crippen molar-refractivity contribution in [2.45, 2.75) is 12.5 Å². The third-order valence-electron chi connectivity index (χ3n) is 3.28. The van der Waals surface area contributed by atoms with Crippen molar-refractivity contribution in [1.82, 2.24) is 9.97 Å². The van der Waals surface area contributed by atoms with Gasteiger partial charge in [-0.05, 0) is 11.6 Å². The molecule has 0 spiro atoms. The monoisotopic (exact) mass is 283 g/mol. The number of amides is 1. The summed E-state index contributed by atoms with van der Waals surface area (Å²) >= 11 is 0. The van der Waals surface area contributed by atoms with Crippen molar-refractivity contribution in [2.24, 2.45) is 5.92 Å². The van der Waals surface area contributed by atoms with E-state index in [-0.39, 0.29) is 24.2 Å². The van der Waals surface area contributed by atoms with Crippen LogP contribution >= 0.6 is 0 Å². The zero-order chi connectivity index (χ0) is 14.7. The maximum absolute atomic E-state index is 12.3. The molecule has 1 aromatic carbocycles. The number of rotatable bonds is 3. The lowest BCUT2D eigenvalue weighted by molar-refractivity contribution is -0.141. The first-order valence-electron chi connectivity index (χ1n) is 6.56. The van der Waals surface area contributed by atoms with Crippen LogP contribution in [-0.2, 0) is 14.3 Å². The fourth-order valence-electron chi connectivity index (χ4n) is 2.30. The summed E-state index contributed by atoms with van der Waals surface area (Å²) in [5.41, 5.74) is 0.803. The van der Waals surface area contributed by atoms with Crippen molar-refractivity contribution in [3.05, 3.63) is 54.4 Å². The van der Waals surface area contributed by atoms with Gasteiger partial charge < -0.3 is 4.74 Å². The van der Waals surface area contributed by atoms with E-state index in [0.29, 0.717) is 0 Å². The predicted molar refractivity (Wildman–Crippen MR) is 74.0 cm³/mol. The van der Waals surface area contributed by atoms with Gasteiger partial charge in [0.1, 0.15) is 6.10 Å². The molecule has 0 aliphatic carbocycles. The summed E-state index contributed by atoms with van der Waals surface area (Å²) in [6.07, 6.45) is 2.56. The van der Waals surface area contributed by atoms with Crippen LogP contribution in [0, 0.1) is 5.92 Å². The molecule has 2 aromatic rings. The summed E-state index contributed by atoms with van der Waals surface area (Å²) in [6, 6.07) is 10.9. The van der Waals surface area contributed by atoms with Crippen LogP contribution in [0.15, 0.2) is 48.8 Å². The molecule has 0 radical (unpaired) electrons. The minimum Gasteiger partial charge on any atom is -0.457 e. The average molecular weight is 283 g/mol. The summed E-state index contributed by atoms with van der Waals surface area (Å²) in [5, 5.41) is 2.61.